The Morgan fingerprint density at radius 3 is 1.94 bits per heavy atom. The van der Waals surface area contributed by atoms with E-state index in [1.165, 1.54) is 12.1 Å². The Labute approximate surface area is 188 Å². The van der Waals surface area contributed by atoms with Gasteiger partial charge >= 0.3 is 0 Å². The van der Waals surface area contributed by atoms with E-state index >= 15 is 0 Å². The molecule has 0 radical (unpaired) electrons. The van der Waals surface area contributed by atoms with Crippen LogP contribution in [0, 0.1) is 17.7 Å². The number of carbonyl (C=O) groups is 4. The monoisotopic (exact) mass is 436 g/mol. The van der Waals surface area contributed by atoms with Gasteiger partial charge in [0.2, 0.25) is 0 Å². The van der Waals surface area contributed by atoms with Gasteiger partial charge in [0.15, 0.2) is 12.1 Å². The Hall–Kier alpha value is -2.17. The first-order valence-electron chi connectivity index (χ1n) is 11.3. The van der Waals surface area contributed by atoms with Gasteiger partial charge in [-0.05, 0) is 43.4 Å². The maximum atomic E-state index is 13.9. The SMILES string of the molecule is CC.CCC(=O)CCC(C)C(C)=O.CCC(C)C(=O)c1cc(F)c(C(C)C)cc1C=O. The number of aldehydes is 1. The summed E-state index contributed by atoms with van der Waals surface area (Å²) in [6.45, 7) is 16.7. The average molecular weight is 437 g/mol. The molecule has 0 aromatic heterocycles. The smallest absolute Gasteiger partial charge is 0.166 e. The third-order valence-corrected chi connectivity index (χ3v) is 5.19. The molecule has 0 saturated heterocycles. The van der Waals surface area contributed by atoms with Gasteiger partial charge in [0.05, 0.1) is 0 Å². The maximum absolute atomic E-state index is 13.9. The van der Waals surface area contributed by atoms with Crippen molar-refractivity contribution in [1.29, 1.82) is 0 Å². The number of hydrogen-bond acceptors (Lipinski definition) is 4. The standard InChI is InChI=1S/C15H19FO2.C9H16O2.C2H6/c1-5-10(4)15(18)13-7-14(16)12(9(2)3)6-11(13)8-17;1-4-9(11)6-5-7(2)8(3)10;1-2/h6-10H,5H2,1-4H3;7H,4-6H2,1-3H3;1-2H3. The zero-order valence-electron chi connectivity index (χ0n) is 20.8. The lowest BCUT2D eigenvalue weighted by Crippen LogP contribution is -2.14. The van der Waals surface area contributed by atoms with Gasteiger partial charge < -0.3 is 0 Å². The van der Waals surface area contributed by atoms with E-state index in [2.05, 4.69) is 0 Å². The molecule has 1 rings (SSSR count). The van der Waals surface area contributed by atoms with Crippen molar-refractivity contribution in [2.75, 3.05) is 0 Å². The predicted octanol–water partition coefficient (Wildman–Crippen LogP) is 6.99. The average Bonchev–Trinajstić information content (AvgIpc) is 2.77. The Kier molecular flexibility index (Phi) is 16.5. The molecule has 0 aliphatic heterocycles. The normalized spacial score (nSPS) is 12.0. The van der Waals surface area contributed by atoms with Gasteiger partial charge in [-0.15, -0.1) is 0 Å². The van der Waals surface area contributed by atoms with Crippen molar-refractivity contribution in [2.45, 2.75) is 93.9 Å². The molecule has 176 valence electrons. The second kappa shape index (κ2) is 16.5. The van der Waals surface area contributed by atoms with Crippen molar-refractivity contribution < 1.29 is 23.6 Å². The van der Waals surface area contributed by atoms with Crippen LogP contribution in [0.15, 0.2) is 12.1 Å². The van der Waals surface area contributed by atoms with Crippen LogP contribution in [0.1, 0.15) is 120 Å². The Morgan fingerprint density at radius 1 is 1.00 bits per heavy atom. The summed E-state index contributed by atoms with van der Waals surface area (Å²) in [5, 5.41) is 0. The summed E-state index contributed by atoms with van der Waals surface area (Å²) in [5.74, 6) is -0.335. The fourth-order valence-electron chi connectivity index (χ4n) is 2.57. The van der Waals surface area contributed by atoms with Crippen LogP contribution in [0.25, 0.3) is 0 Å². The van der Waals surface area contributed by atoms with Crippen LogP contribution in [0.4, 0.5) is 4.39 Å². The fraction of sp³-hybridized carbons (Fsp3) is 0.615. The zero-order chi connectivity index (χ0) is 24.7. The lowest BCUT2D eigenvalue weighted by molar-refractivity contribution is -0.121. The molecule has 1 aromatic rings. The first-order valence-corrected chi connectivity index (χ1v) is 11.3. The molecule has 31 heavy (non-hydrogen) atoms. The van der Waals surface area contributed by atoms with Crippen LogP contribution in [0.2, 0.25) is 0 Å². The summed E-state index contributed by atoms with van der Waals surface area (Å²) < 4.78 is 13.9. The van der Waals surface area contributed by atoms with E-state index in [-0.39, 0.29) is 46.2 Å². The van der Waals surface area contributed by atoms with Crippen molar-refractivity contribution in [1.82, 2.24) is 0 Å². The van der Waals surface area contributed by atoms with Gasteiger partial charge in [0, 0.05) is 35.8 Å². The summed E-state index contributed by atoms with van der Waals surface area (Å²) in [4.78, 5) is 44.7. The van der Waals surface area contributed by atoms with Crippen LogP contribution in [-0.4, -0.2) is 23.6 Å². The van der Waals surface area contributed by atoms with E-state index in [0.717, 1.165) is 0 Å². The Bertz CT molecular complexity index is 722. The highest BCUT2D eigenvalue weighted by Gasteiger charge is 2.20. The minimum absolute atomic E-state index is 0.0172. The molecule has 0 aliphatic rings. The molecular weight excluding hydrogens is 395 g/mol. The quantitative estimate of drug-likeness (QED) is 0.293. The second-order valence-corrected chi connectivity index (χ2v) is 7.85. The van der Waals surface area contributed by atoms with Gasteiger partial charge in [0.1, 0.15) is 17.4 Å². The van der Waals surface area contributed by atoms with E-state index in [4.69, 9.17) is 0 Å². The molecule has 0 aliphatic carbocycles. The van der Waals surface area contributed by atoms with Crippen LogP contribution in [-0.2, 0) is 9.59 Å². The Balaban J connectivity index is 0. The van der Waals surface area contributed by atoms with E-state index in [1.807, 2.05) is 48.5 Å². The van der Waals surface area contributed by atoms with Gasteiger partial charge in [-0.25, -0.2) is 4.39 Å². The zero-order valence-corrected chi connectivity index (χ0v) is 20.8. The first-order chi connectivity index (χ1) is 14.5. The molecule has 1 aromatic carbocycles. The second-order valence-electron chi connectivity index (χ2n) is 7.85. The molecule has 0 N–H and O–H groups in total. The molecule has 2 atom stereocenters. The van der Waals surface area contributed by atoms with Gasteiger partial charge in [-0.1, -0.05) is 55.4 Å². The van der Waals surface area contributed by atoms with Gasteiger partial charge in [-0.2, -0.15) is 0 Å². The fourth-order valence-corrected chi connectivity index (χ4v) is 2.57. The highest BCUT2D eigenvalue weighted by atomic mass is 19.1. The van der Waals surface area contributed by atoms with Crippen molar-refractivity contribution >= 4 is 23.6 Å². The number of Topliss-reactive ketones (excluding diaryl/α,β-unsaturated/α-hetero) is 3. The molecular formula is C26H41FO4. The Morgan fingerprint density at radius 2 is 1.55 bits per heavy atom. The van der Waals surface area contributed by atoms with E-state index in [9.17, 15) is 23.6 Å². The highest BCUT2D eigenvalue weighted by molar-refractivity contribution is 6.04. The topological polar surface area (TPSA) is 68.3 Å². The molecule has 0 amide bonds. The number of carbonyl (C=O) groups excluding carboxylic acids is 4. The van der Waals surface area contributed by atoms with Gasteiger partial charge in [0.25, 0.3) is 0 Å². The molecule has 0 heterocycles. The molecule has 4 nitrogen and oxygen atoms in total. The minimum Gasteiger partial charge on any atom is -0.300 e. The minimum atomic E-state index is -0.415. The van der Waals surface area contributed by atoms with Crippen molar-refractivity contribution in [3.8, 4) is 0 Å². The van der Waals surface area contributed by atoms with Crippen LogP contribution in [0.3, 0.4) is 0 Å². The maximum Gasteiger partial charge on any atom is 0.166 e. The lowest BCUT2D eigenvalue weighted by Gasteiger charge is -2.13. The number of hydrogen-bond donors (Lipinski definition) is 0. The number of rotatable bonds is 10. The summed E-state index contributed by atoms with van der Waals surface area (Å²) >= 11 is 0. The summed E-state index contributed by atoms with van der Waals surface area (Å²) in [6, 6.07) is 2.69. The summed E-state index contributed by atoms with van der Waals surface area (Å²) in [7, 11) is 0. The van der Waals surface area contributed by atoms with Crippen LogP contribution >= 0.6 is 0 Å². The molecule has 0 spiro atoms. The van der Waals surface area contributed by atoms with E-state index in [1.54, 1.807) is 13.8 Å². The number of benzene rings is 1. The summed E-state index contributed by atoms with van der Waals surface area (Å²) in [5.41, 5.74) is 0.949. The molecule has 5 heteroatoms. The van der Waals surface area contributed by atoms with Crippen molar-refractivity contribution in [3.63, 3.8) is 0 Å². The largest absolute Gasteiger partial charge is 0.300 e. The summed E-state index contributed by atoms with van der Waals surface area (Å²) in [6.07, 6.45) is 3.15. The van der Waals surface area contributed by atoms with Crippen molar-refractivity contribution in [3.05, 3.63) is 34.6 Å². The molecule has 2 unspecified atom stereocenters. The molecule has 0 bridgehead atoms. The third-order valence-electron chi connectivity index (χ3n) is 5.19. The number of ketones is 3. The van der Waals surface area contributed by atoms with E-state index in [0.29, 0.717) is 37.5 Å². The molecule has 0 fully saturated rings. The highest BCUT2D eigenvalue weighted by Crippen LogP contribution is 2.24. The number of halogens is 1. The third kappa shape index (κ3) is 11.1. The van der Waals surface area contributed by atoms with Crippen molar-refractivity contribution in [2.24, 2.45) is 11.8 Å². The van der Waals surface area contributed by atoms with Gasteiger partial charge in [-0.3, -0.25) is 19.2 Å². The van der Waals surface area contributed by atoms with Crippen LogP contribution < -0.4 is 0 Å². The van der Waals surface area contributed by atoms with E-state index < -0.39 is 5.82 Å². The first kappa shape index (κ1) is 31.0. The molecule has 0 saturated carbocycles. The lowest BCUT2D eigenvalue weighted by atomic mass is 9.90. The van der Waals surface area contributed by atoms with Crippen LogP contribution in [0.5, 0.6) is 0 Å². The predicted molar refractivity (Wildman–Crippen MR) is 125 cm³/mol.